The number of fused-ring (bicyclic) bond motifs is 3. The van der Waals surface area contributed by atoms with Gasteiger partial charge in [0.2, 0.25) is 0 Å². The van der Waals surface area contributed by atoms with Crippen LogP contribution in [0.5, 0.6) is 0 Å². The van der Waals surface area contributed by atoms with Crippen LogP contribution in [0.2, 0.25) is 0 Å². The van der Waals surface area contributed by atoms with Crippen molar-refractivity contribution in [2.45, 2.75) is 0 Å². The largest absolute Gasteiger partial charge is 0.255 e. The molecule has 0 radical (unpaired) electrons. The molecule has 0 aliphatic carbocycles. The Hall–Kier alpha value is -8.78. The van der Waals surface area contributed by atoms with E-state index in [4.69, 9.17) is 19.9 Å². The Bertz CT molecular complexity index is 3580. The molecule has 6 heterocycles. The first-order valence-corrected chi connectivity index (χ1v) is 23.0. The third-order valence-corrected chi connectivity index (χ3v) is 13.3. The summed E-state index contributed by atoms with van der Waals surface area (Å²) < 4.78 is 1.20. The molecule has 0 N–H and O–H groups in total. The molecule has 0 fully saturated rings. The Morgan fingerprint density at radius 1 is 0.313 bits per heavy atom. The highest BCUT2D eigenvalue weighted by molar-refractivity contribution is 7.24. The van der Waals surface area contributed by atoms with Crippen molar-refractivity contribution < 1.29 is 0 Å². The van der Waals surface area contributed by atoms with Gasteiger partial charge in [0.15, 0.2) is 5.82 Å². The molecule has 6 aromatic heterocycles. The topological polar surface area (TPSA) is 77.3 Å². The van der Waals surface area contributed by atoms with Crippen LogP contribution in [0.25, 0.3) is 122 Å². The number of para-hydroxylation sites is 1. The molecule has 0 amide bonds. The lowest BCUT2D eigenvalue weighted by Gasteiger charge is -2.13. The van der Waals surface area contributed by atoms with Gasteiger partial charge in [-0.25, -0.2) is 19.9 Å². The fourth-order valence-electron chi connectivity index (χ4n) is 8.75. The lowest BCUT2D eigenvalue weighted by Crippen LogP contribution is -1.95. The second-order valence-corrected chi connectivity index (χ2v) is 17.3. The van der Waals surface area contributed by atoms with Crippen LogP contribution in [0, 0.1) is 0 Å². The molecule has 7 heteroatoms. The maximum absolute atomic E-state index is 5.40. The summed E-state index contributed by atoms with van der Waals surface area (Å²) in [5, 5.41) is 2.27. The molecule has 12 rings (SSSR count). The van der Waals surface area contributed by atoms with Gasteiger partial charge < -0.3 is 0 Å². The van der Waals surface area contributed by atoms with Gasteiger partial charge in [0.1, 0.15) is 0 Å². The number of nitrogens with zero attached hydrogens (tertiary/aromatic N) is 6. The first-order valence-electron chi connectivity index (χ1n) is 22.2. The van der Waals surface area contributed by atoms with E-state index < -0.39 is 0 Å². The Morgan fingerprint density at radius 3 is 1.43 bits per heavy atom. The lowest BCUT2D eigenvalue weighted by atomic mass is 9.93. The van der Waals surface area contributed by atoms with E-state index in [9.17, 15) is 0 Å². The third-order valence-electron chi connectivity index (χ3n) is 12.0. The summed E-state index contributed by atoms with van der Waals surface area (Å²) in [5.74, 6) is 0.691. The van der Waals surface area contributed by atoms with Gasteiger partial charge in [0.05, 0.1) is 45.4 Å². The molecule has 12 aromatic rings. The van der Waals surface area contributed by atoms with Gasteiger partial charge in [-0.05, 0) is 70.8 Å². The number of hydrogen-bond acceptors (Lipinski definition) is 7. The van der Waals surface area contributed by atoms with Crippen LogP contribution in [0.3, 0.4) is 0 Å². The zero-order valence-electron chi connectivity index (χ0n) is 36.0. The van der Waals surface area contributed by atoms with Crippen LogP contribution in [0.1, 0.15) is 0 Å². The zero-order valence-corrected chi connectivity index (χ0v) is 36.8. The van der Waals surface area contributed by atoms with Gasteiger partial charge in [-0.15, -0.1) is 11.3 Å². The molecule has 0 saturated carbocycles. The van der Waals surface area contributed by atoms with Crippen molar-refractivity contribution >= 4 is 32.3 Å². The fourth-order valence-corrected chi connectivity index (χ4v) is 10.1. The monoisotopic (exact) mass is 874 g/mol. The van der Waals surface area contributed by atoms with Crippen molar-refractivity contribution in [3.8, 4) is 101 Å². The summed E-state index contributed by atoms with van der Waals surface area (Å²) >= 11 is 1.82. The number of rotatable bonds is 9. The molecule has 0 aliphatic heterocycles. The number of hydrogen-bond donors (Lipinski definition) is 0. The molecule has 0 saturated heterocycles. The number of thiophene rings is 1. The number of benzene rings is 6. The maximum atomic E-state index is 5.40. The van der Waals surface area contributed by atoms with Crippen molar-refractivity contribution in [1.82, 2.24) is 29.9 Å². The van der Waals surface area contributed by atoms with Crippen LogP contribution in [0.15, 0.2) is 231 Å². The molecule has 0 spiro atoms. The van der Waals surface area contributed by atoms with E-state index in [2.05, 4.69) is 156 Å². The molecule has 0 atom stereocenters. The van der Waals surface area contributed by atoms with Crippen LogP contribution in [-0.4, -0.2) is 29.9 Å². The van der Waals surface area contributed by atoms with Crippen molar-refractivity contribution in [3.63, 3.8) is 0 Å². The van der Waals surface area contributed by atoms with Crippen molar-refractivity contribution in [3.05, 3.63) is 231 Å². The highest BCUT2D eigenvalue weighted by Crippen LogP contribution is 2.50. The molecule has 67 heavy (non-hydrogen) atoms. The highest BCUT2D eigenvalue weighted by Gasteiger charge is 2.23. The quantitative estimate of drug-likeness (QED) is 0.144. The van der Waals surface area contributed by atoms with Gasteiger partial charge >= 0.3 is 0 Å². The van der Waals surface area contributed by atoms with Crippen LogP contribution in [-0.2, 0) is 0 Å². The summed E-state index contributed by atoms with van der Waals surface area (Å²) in [7, 11) is 0. The van der Waals surface area contributed by atoms with Gasteiger partial charge in [-0.2, -0.15) is 0 Å². The molecular weight excluding hydrogens is 837 g/mol. The Balaban J connectivity index is 1.02. The van der Waals surface area contributed by atoms with Crippen LogP contribution < -0.4 is 0 Å². The first kappa shape index (κ1) is 39.8. The average Bonchev–Trinajstić information content (AvgIpc) is 3.83. The number of aromatic nitrogens is 6. The van der Waals surface area contributed by atoms with E-state index >= 15 is 0 Å². The van der Waals surface area contributed by atoms with E-state index in [1.165, 1.54) is 9.58 Å². The maximum Gasteiger partial charge on any atom is 0.160 e. The minimum Gasteiger partial charge on any atom is -0.255 e. The van der Waals surface area contributed by atoms with E-state index in [-0.39, 0.29) is 0 Å². The fraction of sp³-hybridized carbons (Fsp3) is 0. The third kappa shape index (κ3) is 7.73. The SMILES string of the molecule is c1ccc(-c2cc(-c3ccc(-c4sc5c(c(-c6ccccc6)nc6ccccc65)c4-c4ccc(-c5cc(-c6ccccn6)nc(-c6ccccn6)c5)cc4)cc3)nc(-c3ccccc3)n2)cc1. The van der Waals surface area contributed by atoms with E-state index in [0.29, 0.717) is 5.82 Å². The Kier molecular flexibility index (Phi) is 10.3. The molecule has 6 nitrogen and oxygen atoms in total. The molecule has 314 valence electrons. The summed E-state index contributed by atoms with van der Waals surface area (Å²) in [6, 6.07) is 75.4. The van der Waals surface area contributed by atoms with E-state index in [1.807, 2.05) is 84.1 Å². The standard InChI is InChI=1S/C60H38N6S/c1-4-16-40(17-5-1)51-38-52(66-60(65-51)45-20-8-3-9-21-45)41-28-32-44(33-29-41)58-55(56-57(43-18-6-2-7-19-43)64-48-23-11-10-22-47(48)59(56)67-58)42-30-26-39(27-31-42)46-36-53(49-24-12-14-34-61-49)63-54(37-46)50-25-13-15-35-62-50/h1-38H. The minimum atomic E-state index is 0.691. The molecule has 0 bridgehead atoms. The molecule has 0 aliphatic rings. The Morgan fingerprint density at radius 2 is 0.821 bits per heavy atom. The van der Waals surface area contributed by atoms with Crippen LogP contribution >= 0.6 is 11.3 Å². The summed E-state index contributed by atoms with van der Waals surface area (Å²) in [6.45, 7) is 0. The highest BCUT2D eigenvalue weighted by atomic mass is 32.1. The molecule has 0 unspecified atom stereocenters. The van der Waals surface area contributed by atoms with E-state index in [0.717, 1.165) is 106 Å². The predicted molar refractivity (Wildman–Crippen MR) is 275 cm³/mol. The van der Waals surface area contributed by atoms with Crippen LogP contribution in [0.4, 0.5) is 0 Å². The first-order chi connectivity index (χ1) is 33.2. The molecular formula is C60H38N6S. The van der Waals surface area contributed by atoms with Gasteiger partial charge in [-0.3, -0.25) is 9.97 Å². The Labute approximate surface area is 391 Å². The number of pyridine rings is 4. The van der Waals surface area contributed by atoms with E-state index in [1.54, 1.807) is 12.4 Å². The normalized spacial score (nSPS) is 11.3. The van der Waals surface area contributed by atoms with Crippen molar-refractivity contribution in [1.29, 1.82) is 0 Å². The lowest BCUT2D eigenvalue weighted by molar-refractivity contribution is 1.18. The minimum absolute atomic E-state index is 0.691. The second-order valence-electron chi connectivity index (χ2n) is 16.3. The average molecular weight is 875 g/mol. The molecule has 6 aromatic carbocycles. The smallest absolute Gasteiger partial charge is 0.160 e. The summed E-state index contributed by atoms with van der Waals surface area (Å²) in [6.07, 6.45) is 3.60. The van der Waals surface area contributed by atoms with Gasteiger partial charge in [0.25, 0.3) is 0 Å². The van der Waals surface area contributed by atoms with Gasteiger partial charge in [-0.1, -0.05) is 170 Å². The van der Waals surface area contributed by atoms with Gasteiger partial charge in [0, 0.05) is 60.6 Å². The summed E-state index contributed by atoms with van der Waals surface area (Å²) in [4.78, 5) is 31.1. The predicted octanol–water partition coefficient (Wildman–Crippen LogP) is 15.4. The second kappa shape index (κ2) is 17.3. The summed E-state index contributed by atoms with van der Waals surface area (Å²) in [5.41, 5.74) is 16.4. The zero-order chi connectivity index (χ0) is 44.5. The van der Waals surface area contributed by atoms with Crippen molar-refractivity contribution in [2.75, 3.05) is 0 Å². The van der Waals surface area contributed by atoms with Crippen molar-refractivity contribution in [2.24, 2.45) is 0 Å².